The minimum absolute atomic E-state index is 0.0454. The van der Waals surface area contributed by atoms with Crippen LogP contribution in [0.25, 0.3) is 0 Å². The first-order valence-corrected chi connectivity index (χ1v) is 12.7. The Morgan fingerprint density at radius 2 is 1.39 bits per heavy atom. The molecule has 0 bridgehead atoms. The summed E-state index contributed by atoms with van der Waals surface area (Å²) in [6.07, 6.45) is 2.36. The Bertz CT molecular complexity index is 1030. The van der Waals surface area contributed by atoms with Gasteiger partial charge in [0.1, 0.15) is 11.8 Å². The van der Waals surface area contributed by atoms with Crippen LogP contribution in [0.2, 0.25) is 0 Å². The quantitative estimate of drug-likeness (QED) is 0.398. The maximum atomic E-state index is 13.6. The number of amides is 2. The van der Waals surface area contributed by atoms with Gasteiger partial charge in [-0.3, -0.25) is 14.4 Å². The van der Waals surface area contributed by atoms with Gasteiger partial charge in [0.05, 0.1) is 19.2 Å². The minimum Gasteiger partial charge on any atom is -0.497 e. The van der Waals surface area contributed by atoms with Crippen LogP contribution in [-0.2, 0) is 27.2 Å². The van der Waals surface area contributed by atoms with E-state index in [1.165, 1.54) is 0 Å². The molecular formula is C29H39N3O4. The molecule has 3 rings (SSSR count). The largest absolute Gasteiger partial charge is 0.497 e. The zero-order valence-corrected chi connectivity index (χ0v) is 22.0. The average molecular weight is 494 g/mol. The van der Waals surface area contributed by atoms with E-state index in [4.69, 9.17) is 4.74 Å². The van der Waals surface area contributed by atoms with Crippen LogP contribution in [-0.4, -0.2) is 48.9 Å². The molecule has 0 aliphatic heterocycles. The number of nitrogens with one attached hydrogen (secondary N) is 3. The van der Waals surface area contributed by atoms with E-state index in [1.54, 1.807) is 14.0 Å². The molecule has 1 fully saturated rings. The molecule has 7 nitrogen and oxygen atoms in total. The first-order chi connectivity index (χ1) is 17.1. The van der Waals surface area contributed by atoms with E-state index in [-0.39, 0.29) is 23.6 Å². The summed E-state index contributed by atoms with van der Waals surface area (Å²) in [5.74, 6) is 0.126. The van der Waals surface area contributed by atoms with Crippen molar-refractivity contribution in [3.63, 3.8) is 0 Å². The summed E-state index contributed by atoms with van der Waals surface area (Å²) in [7, 11) is 1.60. The van der Waals surface area contributed by atoms with Gasteiger partial charge < -0.3 is 20.7 Å². The smallest absolute Gasteiger partial charge is 0.243 e. The summed E-state index contributed by atoms with van der Waals surface area (Å²) in [4.78, 5) is 39.8. The van der Waals surface area contributed by atoms with Gasteiger partial charge in [-0.1, -0.05) is 63.2 Å². The monoisotopic (exact) mass is 493 g/mol. The molecule has 3 N–H and O–H groups in total. The molecule has 1 aliphatic carbocycles. The molecule has 1 saturated carbocycles. The summed E-state index contributed by atoms with van der Waals surface area (Å²) in [6, 6.07) is 15.2. The number of Topliss-reactive ketones (excluding diaryl/α,β-unsaturated/α-hetero) is 1. The van der Waals surface area contributed by atoms with Gasteiger partial charge >= 0.3 is 0 Å². The van der Waals surface area contributed by atoms with Crippen molar-refractivity contribution in [2.24, 2.45) is 5.41 Å². The Morgan fingerprint density at radius 3 is 1.94 bits per heavy atom. The normalized spacial score (nSPS) is 16.5. The predicted molar refractivity (Wildman–Crippen MR) is 141 cm³/mol. The van der Waals surface area contributed by atoms with Crippen molar-refractivity contribution in [3.8, 4) is 5.75 Å². The number of carbonyl (C=O) groups excluding carboxylic acids is 3. The second kappa shape index (κ2) is 12.2. The van der Waals surface area contributed by atoms with E-state index in [0.717, 1.165) is 24.0 Å². The Labute approximate surface area is 214 Å². The fraction of sp³-hybridized carbons (Fsp3) is 0.483. The van der Waals surface area contributed by atoms with Crippen LogP contribution in [0.1, 0.15) is 51.7 Å². The Morgan fingerprint density at radius 1 is 0.833 bits per heavy atom. The lowest BCUT2D eigenvalue weighted by Gasteiger charge is -2.26. The molecule has 1 aliphatic rings. The van der Waals surface area contributed by atoms with Crippen molar-refractivity contribution >= 4 is 17.6 Å². The number of benzene rings is 2. The van der Waals surface area contributed by atoms with E-state index >= 15 is 0 Å². The van der Waals surface area contributed by atoms with Crippen molar-refractivity contribution in [1.29, 1.82) is 0 Å². The summed E-state index contributed by atoms with van der Waals surface area (Å²) in [5.41, 5.74) is 1.46. The first-order valence-electron chi connectivity index (χ1n) is 12.7. The van der Waals surface area contributed by atoms with Gasteiger partial charge in [0, 0.05) is 17.9 Å². The molecule has 0 radical (unpaired) electrons. The Balaban J connectivity index is 1.80. The topological polar surface area (TPSA) is 96.5 Å². The van der Waals surface area contributed by atoms with Crippen LogP contribution in [0, 0.1) is 5.41 Å². The number of hydrogen-bond acceptors (Lipinski definition) is 5. The van der Waals surface area contributed by atoms with Gasteiger partial charge in [-0.05, 0) is 49.4 Å². The van der Waals surface area contributed by atoms with Gasteiger partial charge in [-0.25, -0.2) is 0 Å². The maximum Gasteiger partial charge on any atom is 0.243 e. The minimum atomic E-state index is -0.833. The lowest BCUT2D eigenvalue weighted by Crippen LogP contribution is -2.56. The highest BCUT2D eigenvalue weighted by molar-refractivity contribution is 5.97. The second-order valence-corrected chi connectivity index (χ2v) is 10.3. The lowest BCUT2D eigenvalue weighted by molar-refractivity contribution is -0.133. The zero-order valence-electron chi connectivity index (χ0n) is 22.0. The maximum absolute atomic E-state index is 13.6. The molecule has 194 valence electrons. The van der Waals surface area contributed by atoms with Gasteiger partial charge in [-0.2, -0.15) is 0 Å². The number of ketones is 1. The summed E-state index contributed by atoms with van der Waals surface area (Å²) in [6.45, 7) is 7.65. The number of rotatable bonds is 13. The van der Waals surface area contributed by atoms with Crippen LogP contribution >= 0.6 is 0 Å². The van der Waals surface area contributed by atoms with E-state index in [2.05, 4.69) is 16.0 Å². The number of hydrogen-bond donors (Lipinski definition) is 3. The van der Waals surface area contributed by atoms with Crippen molar-refractivity contribution in [1.82, 2.24) is 16.0 Å². The van der Waals surface area contributed by atoms with Crippen molar-refractivity contribution in [2.75, 3.05) is 7.11 Å². The molecule has 2 amide bonds. The zero-order chi connectivity index (χ0) is 26.3. The predicted octanol–water partition coefficient (Wildman–Crippen LogP) is 3.21. The molecule has 0 saturated heterocycles. The highest BCUT2D eigenvalue weighted by atomic mass is 16.5. The first kappa shape index (κ1) is 27.4. The lowest BCUT2D eigenvalue weighted by atomic mass is 9.92. The molecule has 0 aromatic heterocycles. The van der Waals surface area contributed by atoms with Crippen molar-refractivity contribution < 1.29 is 19.1 Å². The van der Waals surface area contributed by atoms with Crippen LogP contribution in [0.3, 0.4) is 0 Å². The molecular weight excluding hydrogens is 454 g/mol. The number of methoxy groups -OCH3 is 1. The number of ether oxygens (including phenoxy) is 1. The van der Waals surface area contributed by atoms with E-state index in [9.17, 15) is 14.4 Å². The summed E-state index contributed by atoms with van der Waals surface area (Å²) in [5, 5.41) is 9.07. The molecule has 2 aromatic carbocycles. The fourth-order valence-corrected chi connectivity index (χ4v) is 4.26. The van der Waals surface area contributed by atoms with Gasteiger partial charge in [0.15, 0.2) is 5.78 Å². The Hall–Kier alpha value is -3.19. The van der Waals surface area contributed by atoms with Gasteiger partial charge in [0.25, 0.3) is 0 Å². The molecule has 0 unspecified atom stereocenters. The molecule has 0 heterocycles. The van der Waals surface area contributed by atoms with Gasteiger partial charge in [0.2, 0.25) is 11.8 Å². The van der Waals surface area contributed by atoms with E-state index in [0.29, 0.717) is 18.6 Å². The molecule has 36 heavy (non-hydrogen) atoms. The van der Waals surface area contributed by atoms with Crippen molar-refractivity contribution in [2.45, 2.75) is 77.5 Å². The third-order valence-electron chi connectivity index (χ3n) is 6.72. The van der Waals surface area contributed by atoms with Crippen LogP contribution in [0.15, 0.2) is 54.6 Å². The molecule has 7 heteroatoms. The van der Waals surface area contributed by atoms with E-state index < -0.39 is 23.5 Å². The van der Waals surface area contributed by atoms with Crippen LogP contribution in [0.5, 0.6) is 5.75 Å². The highest BCUT2D eigenvalue weighted by Crippen LogP contribution is 2.46. The SMILES string of the molecule is COc1ccc(C[C@H](NC(=O)[C@H](C)NC(C)C)C(=O)N[C@@H](Cc2ccccc2)C(=O)C2(C)CC2)cc1. The fourth-order valence-electron chi connectivity index (χ4n) is 4.26. The van der Waals surface area contributed by atoms with Gasteiger partial charge in [-0.15, -0.1) is 0 Å². The van der Waals surface area contributed by atoms with Crippen molar-refractivity contribution in [3.05, 3.63) is 65.7 Å². The number of carbonyl (C=O) groups is 3. The third kappa shape index (κ3) is 7.65. The molecule has 3 atom stereocenters. The summed E-state index contributed by atoms with van der Waals surface area (Å²) < 4.78 is 5.23. The van der Waals surface area contributed by atoms with Crippen LogP contribution < -0.4 is 20.7 Å². The standard InChI is InChI=1S/C29H39N3O4/c1-19(2)30-20(3)27(34)32-25(18-22-11-13-23(36-5)14-12-22)28(35)31-24(26(33)29(4)15-16-29)17-21-9-7-6-8-10-21/h6-14,19-20,24-25,30H,15-18H2,1-5H3,(H,31,35)(H,32,34)/t20-,24-,25-/m0/s1. The third-order valence-corrected chi connectivity index (χ3v) is 6.72. The molecule has 2 aromatic rings. The summed E-state index contributed by atoms with van der Waals surface area (Å²) >= 11 is 0. The van der Waals surface area contributed by atoms with E-state index in [1.807, 2.05) is 75.4 Å². The Kier molecular flexibility index (Phi) is 9.26. The second-order valence-electron chi connectivity index (χ2n) is 10.3. The molecule has 0 spiro atoms. The van der Waals surface area contributed by atoms with Crippen LogP contribution in [0.4, 0.5) is 0 Å². The average Bonchev–Trinajstić information content (AvgIpc) is 3.61. The highest BCUT2D eigenvalue weighted by Gasteiger charge is 2.48.